The number of halogens is 3. The largest absolute Gasteiger partial charge is 0.418 e. The monoisotopic (exact) mass is 454 g/mol. The summed E-state index contributed by atoms with van der Waals surface area (Å²) in [6.07, 6.45) is -2.92. The molecule has 0 unspecified atom stereocenters. The number of amides is 1. The van der Waals surface area contributed by atoms with Gasteiger partial charge in [0.2, 0.25) is 5.91 Å². The number of nitrogen functional groups attached to an aromatic ring is 1. The van der Waals surface area contributed by atoms with Gasteiger partial charge in [0.15, 0.2) is 16.1 Å². The van der Waals surface area contributed by atoms with Gasteiger partial charge in [-0.3, -0.25) is 9.36 Å². The molecule has 12 heteroatoms. The molecule has 0 bridgehead atoms. The summed E-state index contributed by atoms with van der Waals surface area (Å²) in [6, 6.07) is 4.81. The molecule has 2 heterocycles. The number of carbonyl (C=O) groups excluding carboxylic acids is 1. The molecule has 1 aromatic carbocycles. The van der Waals surface area contributed by atoms with Crippen LogP contribution in [0.1, 0.15) is 11.3 Å². The van der Waals surface area contributed by atoms with E-state index in [9.17, 15) is 18.0 Å². The predicted molar refractivity (Wildman–Crippen MR) is 111 cm³/mol. The molecular weight excluding hydrogens is 437 g/mol. The second-order valence-electron chi connectivity index (χ2n) is 6.05. The highest BCUT2D eigenvalue weighted by molar-refractivity contribution is 7.99. The summed E-state index contributed by atoms with van der Waals surface area (Å²) in [6.45, 7) is 5.89. The van der Waals surface area contributed by atoms with Crippen LogP contribution in [-0.4, -0.2) is 31.4 Å². The Morgan fingerprint density at radius 3 is 2.73 bits per heavy atom. The zero-order valence-corrected chi connectivity index (χ0v) is 17.4. The quantitative estimate of drug-likeness (QED) is 0.410. The number of thiazole rings is 1. The summed E-state index contributed by atoms with van der Waals surface area (Å²) in [5, 5.41) is 11.4. The summed E-state index contributed by atoms with van der Waals surface area (Å²) in [7, 11) is 0. The van der Waals surface area contributed by atoms with Gasteiger partial charge in [0.05, 0.1) is 27.6 Å². The Balaban J connectivity index is 1.76. The van der Waals surface area contributed by atoms with Crippen molar-refractivity contribution in [2.75, 3.05) is 16.8 Å². The van der Waals surface area contributed by atoms with Crippen LogP contribution in [0.4, 0.5) is 24.0 Å². The van der Waals surface area contributed by atoms with Crippen molar-refractivity contribution in [1.82, 2.24) is 19.7 Å². The summed E-state index contributed by atoms with van der Waals surface area (Å²) in [5.74, 6) is -0.206. The van der Waals surface area contributed by atoms with Crippen LogP contribution in [0.25, 0.3) is 10.7 Å². The molecule has 0 aliphatic rings. The van der Waals surface area contributed by atoms with Crippen LogP contribution in [0.5, 0.6) is 0 Å². The number of aromatic nitrogens is 4. The van der Waals surface area contributed by atoms with Crippen molar-refractivity contribution < 1.29 is 18.0 Å². The number of allylic oxidation sites excluding steroid dienone is 1. The van der Waals surface area contributed by atoms with Crippen LogP contribution >= 0.6 is 23.1 Å². The van der Waals surface area contributed by atoms with E-state index in [1.54, 1.807) is 17.6 Å². The molecule has 0 atom stereocenters. The lowest BCUT2D eigenvalue weighted by molar-refractivity contribution is -0.137. The number of thioether (sulfide) groups is 1. The SMILES string of the molecule is C=CCn1c(SCC(=O)Nc2ccccc2C(F)(F)F)nnc1-c1sc(N)nc1C. The Morgan fingerprint density at radius 1 is 1.37 bits per heavy atom. The number of rotatable bonds is 7. The highest BCUT2D eigenvalue weighted by Gasteiger charge is 2.33. The third kappa shape index (κ3) is 4.82. The number of para-hydroxylation sites is 1. The fourth-order valence-corrected chi connectivity index (χ4v) is 4.21. The van der Waals surface area contributed by atoms with Gasteiger partial charge in [0.1, 0.15) is 0 Å². The van der Waals surface area contributed by atoms with Gasteiger partial charge in [-0.05, 0) is 19.1 Å². The van der Waals surface area contributed by atoms with Crippen LogP contribution in [-0.2, 0) is 17.5 Å². The first-order valence-corrected chi connectivity index (χ1v) is 10.4. The Morgan fingerprint density at radius 2 is 2.10 bits per heavy atom. The minimum Gasteiger partial charge on any atom is -0.375 e. The number of anilines is 2. The number of carbonyl (C=O) groups is 1. The first-order valence-electron chi connectivity index (χ1n) is 8.57. The molecule has 0 saturated heterocycles. The van der Waals surface area contributed by atoms with E-state index in [1.165, 1.54) is 29.5 Å². The Hall–Kier alpha value is -2.86. The molecule has 0 aliphatic heterocycles. The van der Waals surface area contributed by atoms with Crippen LogP contribution < -0.4 is 11.1 Å². The number of nitrogens with one attached hydrogen (secondary N) is 1. The van der Waals surface area contributed by atoms with E-state index in [1.807, 2.05) is 0 Å². The van der Waals surface area contributed by atoms with E-state index in [2.05, 4.69) is 27.1 Å². The highest BCUT2D eigenvalue weighted by Crippen LogP contribution is 2.35. The number of benzene rings is 1. The van der Waals surface area contributed by atoms with E-state index >= 15 is 0 Å². The summed E-state index contributed by atoms with van der Waals surface area (Å²) < 4.78 is 41.0. The van der Waals surface area contributed by atoms with Gasteiger partial charge in [-0.2, -0.15) is 13.2 Å². The third-order valence-electron chi connectivity index (χ3n) is 3.88. The lowest BCUT2D eigenvalue weighted by Gasteiger charge is -2.13. The van der Waals surface area contributed by atoms with Crippen molar-refractivity contribution in [2.45, 2.75) is 24.8 Å². The molecule has 2 aromatic heterocycles. The van der Waals surface area contributed by atoms with Crippen molar-refractivity contribution in [2.24, 2.45) is 0 Å². The molecule has 0 spiro atoms. The number of hydrogen-bond donors (Lipinski definition) is 2. The molecule has 158 valence electrons. The fraction of sp³-hybridized carbons (Fsp3) is 0.222. The topological polar surface area (TPSA) is 98.7 Å². The minimum atomic E-state index is -4.56. The van der Waals surface area contributed by atoms with Crippen molar-refractivity contribution in [3.8, 4) is 10.7 Å². The maximum Gasteiger partial charge on any atom is 0.418 e. The van der Waals surface area contributed by atoms with Gasteiger partial charge in [-0.15, -0.1) is 16.8 Å². The zero-order chi connectivity index (χ0) is 21.9. The van der Waals surface area contributed by atoms with Crippen LogP contribution in [0, 0.1) is 6.92 Å². The highest BCUT2D eigenvalue weighted by atomic mass is 32.2. The van der Waals surface area contributed by atoms with Crippen LogP contribution in [0.2, 0.25) is 0 Å². The molecule has 3 N–H and O–H groups in total. The second kappa shape index (κ2) is 8.88. The fourth-order valence-electron chi connectivity index (χ4n) is 2.64. The first kappa shape index (κ1) is 21.8. The van der Waals surface area contributed by atoms with Crippen molar-refractivity contribution in [1.29, 1.82) is 0 Å². The zero-order valence-electron chi connectivity index (χ0n) is 15.7. The van der Waals surface area contributed by atoms with E-state index in [0.717, 1.165) is 22.7 Å². The van der Waals surface area contributed by atoms with E-state index in [-0.39, 0.29) is 11.4 Å². The first-order chi connectivity index (χ1) is 14.2. The summed E-state index contributed by atoms with van der Waals surface area (Å²) in [4.78, 5) is 17.2. The molecule has 0 saturated carbocycles. The number of hydrogen-bond acceptors (Lipinski definition) is 7. The minimum absolute atomic E-state index is 0.148. The van der Waals surface area contributed by atoms with Gasteiger partial charge in [0.25, 0.3) is 0 Å². The molecule has 3 aromatic rings. The molecular formula is C18H17F3N6OS2. The van der Waals surface area contributed by atoms with Crippen molar-refractivity contribution >= 4 is 39.8 Å². The average Bonchev–Trinajstić information content (AvgIpc) is 3.22. The van der Waals surface area contributed by atoms with Crippen LogP contribution in [0.15, 0.2) is 42.1 Å². The van der Waals surface area contributed by atoms with E-state index in [0.29, 0.717) is 28.4 Å². The van der Waals surface area contributed by atoms with Gasteiger partial charge in [-0.1, -0.05) is 41.3 Å². The number of alkyl halides is 3. The molecule has 0 aliphatic carbocycles. The lowest BCUT2D eigenvalue weighted by Crippen LogP contribution is -2.18. The van der Waals surface area contributed by atoms with Gasteiger partial charge in [0, 0.05) is 6.54 Å². The smallest absolute Gasteiger partial charge is 0.375 e. The second-order valence-corrected chi connectivity index (χ2v) is 8.03. The summed E-state index contributed by atoms with van der Waals surface area (Å²) >= 11 is 2.32. The maximum absolute atomic E-state index is 13.1. The number of nitrogens with two attached hydrogens (primary N) is 1. The average molecular weight is 455 g/mol. The number of aryl methyl sites for hydroxylation is 1. The summed E-state index contributed by atoms with van der Waals surface area (Å²) in [5.41, 5.74) is 5.26. The maximum atomic E-state index is 13.1. The van der Waals surface area contributed by atoms with E-state index < -0.39 is 17.6 Å². The normalized spacial score (nSPS) is 11.5. The van der Waals surface area contributed by atoms with Crippen molar-refractivity contribution in [3.63, 3.8) is 0 Å². The molecule has 0 fully saturated rings. The standard InChI is InChI=1S/C18H17F3N6OS2/c1-3-8-27-15(14-10(2)23-16(22)30-14)25-26-17(27)29-9-13(28)24-12-7-5-4-6-11(12)18(19,20)21/h3-7H,1,8-9H2,2H3,(H2,22,23)(H,24,28). The van der Waals surface area contributed by atoms with Gasteiger partial charge >= 0.3 is 6.18 Å². The van der Waals surface area contributed by atoms with E-state index in [4.69, 9.17) is 5.73 Å². The Bertz CT molecular complexity index is 1080. The Kier molecular flexibility index (Phi) is 6.46. The molecule has 1 amide bonds. The Labute approximate surface area is 178 Å². The number of nitrogens with zero attached hydrogens (tertiary/aromatic N) is 4. The third-order valence-corrected chi connectivity index (χ3v) is 5.83. The lowest BCUT2D eigenvalue weighted by atomic mass is 10.1. The van der Waals surface area contributed by atoms with Crippen LogP contribution in [0.3, 0.4) is 0 Å². The molecule has 30 heavy (non-hydrogen) atoms. The molecule has 7 nitrogen and oxygen atoms in total. The molecule has 3 rings (SSSR count). The van der Waals surface area contributed by atoms with Gasteiger partial charge < -0.3 is 11.1 Å². The van der Waals surface area contributed by atoms with Gasteiger partial charge in [-0.25, -0.2) is 4.98 Å². The van der Waals surface area contributed by atoms with Crippen molar-refractivity contribution in [3.05, 3.63) is 48.2 Å². The predicted octanol–water partition coefficient (Wildman–Crippen LogP) is 4.23. The molecule has 0 radical (unpaired) electrons.